The van der Waals surface area contributed by atoms with Gasteiger partial charge in [0.15, 0.2) is 0 Å². The average molecular weight is 458 g/mol. The highest BCUT2D eigenvalue weighted by Gasteiger charge is 2.34. The van der Waals surface area contributed by atoms with Gasteiger partial charge in [0.2, 0.25) is 11.8 Å². The van der Waals surface area contributed by atoms with Gasteiger partial charge in [0.25, 0.3) is 5.91 Å². The summed E-state index contributed by atoms with van der Waals surface area (Å²) < 4.78 is 5.68. The number of halogens is 2. The minimum absolute atomic E-state index is 0.240. The first-order valence-corrected chi connectivity index (χ1v) is 10.7. The fraction of sp³-hybridized carbons (Fsp3) is 0.261. The number of likely N-dealkylation sites (tertiary alicyclic amines) is 1. The van der Waals surface area contributed by atoms with Crippen LogP contribution in [0.15, 0.2) is 46.9 Å². The molecule has 1 aliphatic rings. The van der Waals surface area contributed by atoms with E-state index < -0.39 is 6.04 Å². The molecule has 6 nitrogen and oxygen atoms in total. The Balaban J connectivity index is 1.51. The Morgan fingerprint density at radius 1 is 1.13 bits per heavy atom. The second-order valence-corrected chi connectivity index (χ2v) is 8.42. The Morgan fingerprint density at radius 3 is 2.55 bits per heavy atom. The highest BCUT2D eigenvalue weighted by molar-refractivity contribution is 6.35. The van der Waals surface area contributed by atoms with Gasteiger partial charge in [0, 0.05) is 33.4 Å². The Bertz CT molecular complexity index is 1120. The summed E-state index contributed by atoms with van der Waals surface area (Å²) >= 11 is 12.1. The smallest absolute Gasteiger partial charge is 0.254 e. The summed E-state index contributed by atoms with van der Waals surface area (Å²) in [7, 11) is 0. The van der Waals surface area contributed by atoms with E-state index in [1.165, 1.54) is 0 Å². The average Bonchev–Trinajstić information content (AvgIpc) is 3.34. The number of hydrogen-bond donors (Lipinski definition) is 1. The summed E-state index contributed by atoms with van der Waals surface area (Å²) in [6.45, 7) is 4.24. The minimum Gasteiger partial charge on any atom is -0.441 e. The molecule has 0 bridgehead atoms. The maximum Gasteiger partial charge on any atom is 0.254 e. The van der Waals surface area contributed by atoms with Crippen molar-refractivity contribution in [1.82, 2.24) is 9.88 Å². The van der Waals surface area contributed by atoms with Gasteiger partial charge in [0.1, 0.15) is 11.8 Å². The highest BCUT2D eigenvalue weighted by atomic mass is 35.5. The molecule has 1 atom stereocenters. The van der Waals surface area contributed by atoms with Gasteiger partial charge in [-0.15, -0.1) is 0 Å². The van der Waals surface area contributed by atoms with Crippen molar-refractivity contribution in [2.45, 2.75) is 32.7 Å². The van der Waals surface area contributed by atoms with E-state index in [9.17, 15) is 9.59 Å². The summed E-state index contributed by atoms with van der Waals surface area (Å²) in [6, 6.07) is 11.4. The molecule has 0 spiro atoms. The van der Waals surface area contributed by atoms with Gasteiger partial charge in [0.05, 0.1) is 5.69 Å². The van der Waals surface area contributed by atoms with Crippen LogP contribution in [0.4, 0.5) is 5.69 Å². The Morgan fingerprint density at radius 2 is 1.87 bits per heavy atom. The van der Waals surface area contributed by atoms with Gasteiger partial charge in [-0.2, -0.15) is 0 Å². The zero-order valence-electron chi connectivity index (χ0n) is 17.1. The number of nitrogens with zero attached hydrogens (tertiary/aromatic N) is 2. The van der Waals surface area contributed by atoms with Crippen LogP contribution in [-0.4, -0.2) is 34.3 Å². The first kappa shape index (κ1) is 21.4. The first-order chi connectivity index (χ1) is 14.8. The Hall–Kier alpha value is -2.83. The van der Waals surface area contributed by atoms with Crippen LogP contribution in [-0.2, 0) is 4.79 Å². The molecule has 0 saturated carbocycles. The summed E-state index contributed by atoms with van der Waals surface area (Å²) in [5.74, 6) is 0.754. The molecule has 1 unspecified atom stereocenters. The van der Waals surface area contributed by atoms with E-state index in [0.717, 1.165) is 23.4 Å². The van der Waals surface area contributed by atoms with E-state index in [1.807, 2.05) is 26.0 Å². The van der Waals surface area contributed by atoms with Gasteiger partial charge in [-0.25, -0.2) is 4.98 Å². The monoisotopic (exact) mass is 457 g/mol. The van der Waals surface area contributed by atoms with Gasteiger partial charge >= 0.3 is 0 Å². The fourth-order valence-electron chi connectivity index (χ4n) is 3.68. The molecule has 2 aromatic carbocycles. The van der Waals surface area contributed by atoms with Gasteiger partial charge in [-0.3, -0.25) is 9.59 Å². The van der Waals surface area contributed by atoms with E-state index in [0.29, 0.717) is 40.2 Å². The molecule has 1 N–H and O–H groups in total. The number of nitrogens with one attached hydrogen (secondary N) is 1. The number of benzene rings is 2. The molecule has 8 heteroatoms. The molecule has 2 amide bonds. The standard InChI is InChI=1S/C23H21Cl2N3O3/c1-13-14(2)31-22(26-13)15-5-3-6-19(11-15)27-21(29)20-7-4-8-28(20)23(30)16-9-17(24)12-18(25)10-16/h3,5-6,9-12,20H,4,7-8H2,1-2H3,(H,27,29). The first-order valence-electron chi connectivity index (χ1n) is 9.94. The van der Waals surface area contributed by atoms with E-state index in [2.05, 4.69) is 10.3 Å². The predicted octanol–water partition coefficient (Wildman–Crippen LogP) is 5.51. The van der Waals surface area contributed by atoms with Crippen LogP contribution in [0, 0.1) is 13.8 Å². The number of rotatable bonds is 4. The van der Waals surface area contributed by atoms with Crippen molar-refractivity contribution >= 4 is 40.7 Å². The lowest BCUT2D eigenvalue weighted by atomic mass is 10.1. The van der Waals surface area contributed by atoms with E-state index in [-0.39, 0.29) is 11.8 Å². The molecule has 1 aromatic heterocycles. The van der Waals surface area contributed by atoms with Crippen LogP contribution >= 0.6 is 23.2 Å². The third kappa shape index (κ3) is 4.60. The van der Waals surface area contributed by atoms with Gasteiger partial charge in [-0.1, -0.05) is 29.3 Å². The molecular weight excluding hydrogens is 437 g/mol. The number of oxazole rings is 1. The SMILES string of the molecule is Cc1nc(-c2cccc(NC(=O)C3CCCN3C(=O)c3cc(Cl)cc(Cl)c3)c2)oc1C. The normalized spacial score (nSPS) is 15.9. The minimum atomic E-state index is -0.569. The predicted molar refractivity (Wildman–Crippen MR) is 121 cm³/mol. The van der Waals surface area contributed by atoms with Crippen molar-refractivity contribution in [2.75, 3.05) is 11.9 Å². The van der Waals surface area contributed by atoms with Crippen LogP contribution in [0.5, 0.6) is 0 Å². The number of hydrogen-bond acceptors (Lipinski definition) is 4. The maximum atomic E-state index is 13.0. The van der Waals surface area contributed by atoms with Crippen LogP contribution in [0.2, 0.25) is 10.0 Å². The van der Waals surface area contributed by atoms with Crippen LogP contribution in [0.3, 0.4) is 0 Å². The zero-order valence-corrected chi connectivity index (χ0v) is 18.6. The van der Waals surface area contributed by atoms with Crippen molar-refractivity contribution in [1.29, 1.82) is 0 Å². The molecular formula is C23H21Cl2N3O3. The third-order valence-corrected chi connectivity index (χ3v) is 5.77. The number of anilines is 1. The maximum absolute atomic E-state index is 13.0. The van der Waals surface area contributed by atoms with Crippen molar-refractivity contribution in [3.05, 3.63) is 69.5 Å². The molecule has 0 aliphatic carbocycles. The molecule has 1 aliphatic heterocycles. The molecule has 3 aromatic rings. The van der Waals surface area contributed by atoms with E-state index >= 15 is 0 Å². The van der Waals surface area contributed by atoms with Crippen molar-refractivity contribution in [2.24, 2.45) is 0 Å². The van der Waals surface area contributed by atoms with Crippen LogP contribution in [0.1, 0.15) is 34.7 Å². The number of carbonyl (C=O) groups is 2. The van der Waals surface area contributed by atoms with Crippen molar-refractivity contribution in [3.63, 3.8) is 0 Å². The summed E-state index contributed by atoms with van der Waals surface area (Å²) in [4.78, 5) is 32.0. The lowest BCUT2D eigenvalue weighted by molar-refractivity contribution is -0.119. The third-order valence-electron chi connectivity index (χ3n) is 5.33. The quantitative estimate of drug-likeness (QED) is 0.560. The van der Waals surface area contributed by atoms with Crippen molar-refractivity contribution in [3.8, 4) is 11.5 Å². The van der Waals surface area contributed by atoms with E-state index in [4.69, 9.17) is 27.6 Å². The Labute approximate surface area is 190 Å². The number of amides is 2. The molecule has 1 fully saturated rings. The summed E-state index contributed by atoms with van der Waals surface area (Å²) in [5, 5.41) is 3.68. The van der Waals surface area contributed by atoms with Crippen LogP contribution in [0.25, 0.3) is 11.5 Å². The molecule has 0 radical (unpaired) electrons. The summed E-state index contributed by atoms with van der Waals surface area (Å²) in [6.07, 6.45) is 1.33. The molecule has 31 heavy (non-hydrogen) atoms. The second kappa shape index (κ2) is 8.73. The zero-order chi connectivity index (χ0) is 22.1. The molecule has 4 rings (SSSR count). The summed E-state index contributed by atoms with van der Waals surface area (Å²) in [5.41, 5.74) is 2.57. The largest absolute Gasteiger partial charge is 0.441 e. The fourth-order valence-corrected chi connectivity index (χ4v) is 4.20. The molecule has 1 saturated heterocycles. The number of aryl methyl sites for hydroxylation is 2. The second-order valence-electron chi connectivity index (χ2n) is 7.55. The molecule has 2 heterocycles. The lowest BCUT2D eigenvalue weighted by Crippen LogP contribution is -2.43. The number of aromatic nitrogens is 1. The lowest BCUT2D eigenvalue weighted by Gasteiger charge is -2.24. The van der Waals surface area contributed by atoms with Crippen molar-refractivity contribution < 1.29 is 14.0 Å². The highest BCUT2D eigenvalue weighted by Crippen LogP contribution is 2.27. The Kier molecular flexibility index (Phi) is 6.03. The topological polar surface area (TPSA) is 75.4 Å². The van der Waals surface area contributed by atoms with Gasteiger partial charge in [-0.05, 0) is 63.1 Å². The number of carbonyl (C=O) groups excluding carboxylic acids is 2. The van der Waals surface area contributed by atoms with Gasteiger partial charge < -0.3 is 14.6 Å². The molecule has 160 valence electrons. The van der Waals surface area contributed by atoms with Crippen LogP contribution < -0.4 is 5.32 Å². The van der Waals surface area contributed by atoms with E-state index in [1.54, 1.807) is 35.2 Å².